The predicted octanol–water partition coefficient (Wildman–Crippen LogP) is -1.02. The van der Waals surface area contributed by atoms with Crippen LogP contribution >= 0.6 is 0 Å². The molecule has 0 spiro atoms. The predicted molar refractivity (Wildman–Crippen MR) is 48.3 cm³/mol. The third-order valence-electron chi connectivity index (χ3n) is 2.72. The highest BCUT2D eigenvalue weighted by Crippen LogP contribution is 1.99. The van der Waals surface area contributed by atoms with Gasteiger partial charge in [-0.2, -0.15) is 0 Å². The average molecular weight is 185 g/mol. The summed E-state index contributed by atoms with van der Waals surface area (Å²) in [4.78, 5) is 11.8. The lowest BCUT2D eigenvalue weighted by atomic mass is 10.2. The summed E-state index contributed by atoms with van der Waals surface area (Å²) in [6.45, 7) is 3.47. The van der Waals surface area contributed by atoms with E-state index in [-0.39, 0.29) is 6.42 Å². The Morgan fingerprint density at radius 2 is 1.77 bits per heavy atom. The topological polar surface area (TPSA) is 44.6 Å². The van der Waals surface area contributed by atoms with Crippen molar-refractivity contribution >= 4 is 5.97 Å². The molecule has 0 aliphatic carbocycles. The summed E-state index contributed by atoms with van der Waals surface area (Å²) in [5.41, 5.74) is 0. The van der Waals surface area contributed by atoms with Crippen molar-refractivity contribution in [3.63, 3.8) is 0 Å². The van der Waals surface area contributed by atoms with Crippen LogP contribution in [0, 0.1) is 0 Å². The number of carbonyl (C=O) groups is 1. The molecular weight excluding hydrogens is 166 g/mol. The van der Waals surface area contributed by atoms with Crippen molar-refractivity contribution < 1.29 is 14.8 Å². The first-order valence-electron chi connectivity index (χ1n) is 5.32. The number of aliphatic carboxylic acids is 1. The van der Waals surface area contributed by atoms with Crippen LogP contribution in [0.5, 0.6) is 0 Å². The molecule has 1 aliphatic rings. The van der Waals surface area contributed by atoms with E-state index < -0.39 is 5.97 Å². The highest BCUT2D eigenvalue weighted by atomic mass is 16.4. The van der Waals surface area contributed by atoms with Crippen LogP contribution in [0.3, 0.4) is 0 Å². The number of carboxylic acids is 1. The van der Waals surface area contributed by atoms with Gasteiger partial charge in [0.1, 0.15) is 0 Å². The van der Waals surface area contributed by atoms with Gasteiger partial charge in [0, 0.05) is 12.4 Å². The Morgan fingerprint density at radius 3 is 2.31 bits per heavy atom. The van der Waals surface area contributed by atoms with Gasteiger partial charge in [-0.3, -0.25) is 0 Å². The van der Waals surface area contributed by atoms with E-state index in [2.05, 4.69) is 0 Å². The van der Waals surface area contributed by atoms with Crippen molar-refractivity contribution in [2.75, 3.05) is 19.6 Å². The molecular formula is C10H19NO2. The number of hydrogen-bond donors (Lipinski definition) is 1. The van der Waals surface area contributed by atoms with Gasteiger partial charge < -0.3 is 14.8 Å². The summed E-state index contributed by atoms with van der Waals surface area (Å²) >= 11 is 0. The lowest BCUT2D eigenvalue weighted by Gasteiger charge is -2.16. The first-order valence-corrected chi connectivity index (χ1v) is 5.32. The Hall–Kier alpha value is -0.570. The Morgan fingerprint density at radius 1 is 1.15 bits per heavy atom. The molecule has 0 aromatic carbocycles. The molecule has 76 valence electrons. The molecule has 0 radical (unpaired) electrons. The highest BCUT2D eigenvalue weighted by molar-refractivity contribution is 5.64. The minimum absolute atomic E-state index is 0.226. The molecule has 0 atom stereocenters. The number of likely N-dealkylation sites (tertiary alicyclic amines) is 1. The maximum atomic E-state index is 10.2. The smallest absolute Gasteiger partial charge is 0.0774 e. The summed E-state index contributed by atoms with van der Waals surface area (Å²) in [5, 5.41) is 10.2. The molecule has 0 unspecified atom stereocenters. The number of rotatable bonds is 4. The Kier molecular flexibility index (Phi) is 4.83. The van der Waals surface area contributed by atoms with E-state index in [1.165, 1.54) is 38.8 Å². The Balaban J connectivity index is 2.08. The number of quaternary nitrogens is 1. The van der Waals surface area contributed by atoms with Gasteiger partial charge in [0.05, 0.1) is 19.6 Å². The normalized spacial score (nSPS) is 19.7. The zero-order valence-electron chi connectivity index (χ0n) is 8.18. The van der Waals surface area contributed by atoms with E-state index in [9.17, 15) is 9.90 Å². The summed E-state index contributed by atoms with van der Waals surface area (Å²) in [6, 6.07) is 0. The molecule has 1 N–H and O–H groups in total. The maximum absolute atomic E-state index is 10.2. The van der Waals surface area contributed by atoms with E-state index in [0.717, 1.165) is 13.0 Å². The van der Waals surface area contributed by atoms with Crippen molar-refractivity contribution in [3.05, 3.63) is 0 Å². The maximum Gasteiger partial charge on any atom is 0.0774 e. The molecule has 1 saturated heterocycles. The Bertz CT molecular complexity index is 151. The molecule has 0 aromatic rings. The van der Waals surface area contributed by atoms with Crippen LogP contribution in [0.2, 0.25) is 0 Å². The molecule has 0 bridgehead atoms. The number of carboxylic acid groups (broad SMARTS) is 1. The Labute approximate surface area is 79.7 Å². The standard InChI is InChI=1S/C10H19NO2/c12-10(13)6-5-9-11-7-3-1-2-4-8-11/h1-9H2,(H,12,13). The van der Waals surface area contributed by atoms with E-state index in [4.69, 9.17) is 0 Å². The summed E-state index contributed by atoms with van der Waals surface area (Å²) in [5.74, 6) is -0.908. The second kappa shape index (κ2) is 5.97. The second-order valence-corrected chi connectivity index (χ2v) is 3.89. The summed E-state index contributed by atoms with van der Waals surface area (Å²) < 4.78 is 0. The quantitative estimate of drug-likeness (QED) is 0.609. The zero-order chi connectivity index (χ0) is 9.52. The van der Waals surface area contributed by atoms with Crippen LogP contribution in [0.15, 0.2) is 0 Å². The monoisotopic (exact) mass is 185 g/mol. The molecule has 13 heavy (non-hydrogen) atoms. The second-order valence-electron chi connectivity index (χ2n) is 3.89. The average Bonchev–Trinajstić information content (AvgIpc) is 2.32. The first-order chi connectivity index (χ1) is 6.29. The summed E-state index contributed by atoms with van der Waals surface area (Å²) in [6.07, 6.45) is 6.32. The van der Waals surface area contributed by atoms with Crippen LogP contribution in [-0.4, -0.2) is 25.6 Å². The number of hydrogen-bond acceptors (Lipinski definition) is 2. The lowest BCUT2D eigenvalue weighted by molar-refractivity contribution is -0.899. The SMILES string of the molecule is O=C([O-])CCC[NH+]1CCCCCC1. The van der Waals surface area contributed by atoms with Gasteiger partial charge in [0.25, 0.3) is 0 Å². The van der Waals surface area contributed by atoms with Crippen molar-refractivity contribution in [2.24, 2.45) is 0 Å². The van der Waals surface area contributed by atoms with Crippen molar-refractivity contribution in [3.8, 4) is 0 Å². The van der Waals surface area contributed by atoms with Gasteiger partial charge in [0.2, 0.25) is 0 Å². The van der Waals surface area contributed by atoms with Gasteiger partial charge >= 0.3 is 0 Å². The minimum atomic E-state index is -0.908. The molecule has 1 heterocycles. The fraction of sp³-hybridized carbons (Fsp3) is 0.900. The first kappa shape index (κ1) is 10.5. The van der Waals surface area contributed by atoms with Gasteiger partial charge in [-0.25, -0.2) is 0 Å². The molecule has 0 amide bonds. The van der Waals surface area contributed by atoms with Crippen molar-refractivity contribution in [2.45, 2.75) is 38.5 Å². The molecule has 0 saturated carbocycles. The van der Waals surface area contributed by atoms with E-state index in [1.54, 1.807) is 4.90 Å². The van der Waals surface area contributed by atoms with Crippen LogP contribution in [0.4, 0.5) is 0 Å². The molecule has 0 aromatic heterocycles. The molecule has 1 aliphatic heterocycles. The molecule has 3 heteroatoms. The number of nitrogens with one attached hydrogen (secondary N) is 1. The van der Waals surface area contributed by atoms with Gasteiger partial charge in [-0.15, -0.1) is 0 Å². The molecule has 1 fully saturated rings. The van der Waals surface area contributed by atoms with Gasteiger partial charge in [0.15, 0.2) is 0 Å². The van der Waals surface area contributed by atoms with Crippen LogP contribution < -0.4 is 10.0 Å². The zero-order valence-corrected chi connectivity index (χ0v) is 8.18. The van der Waals surface area contributed by atoms with Crippen LogP contribution in [-0.2, 0) is 4.79 Å². The van der Waals surface area contributed by atoms with Gasteiger partial charge in [-0.05, 0) is 32.1 Å². The van der Waals surface area contributed by atoms with Crippen LogP contribution in [0.25, 0.3) is 0 Å². The van der Waals surface area contributed by atoms with Crippen LogP contribution in [0.1, 0.15) is 38.5 Å². The van der Waals surface area contributed by atoms with E-state index in [0.29, 0.717) is 0 Å². The number of carbonyl (C=O) groups excluding carboxylic acids is 1. The highest BCUT2D eigenvalue weighted by Gasteiger charge is 2.10. The third-order valence-corrected chi connectivity index (χ3v) is 2.72. The lowest BCUT2D eigenvalue weighted by Crippen LogP contribution is -3.11. The third kappa shape index (κ3) is 4.88. The van der Waals surface area contributed by atoms with E-state index >= 15 is 0 Å². The minimum Gasteiger partial charge on any atom is -0.550 e. The largest absolute Gasteiger partial charge is 0.550 e. The summed E-state index contributed by atoms with van der Waals surface area (Å²) in [7, 11) is 0. The fourth-order valence-electron chi connectivity index (χ4n) is 1.96. The van der Waals surface area contributed by atoms with Crippen molar-refractivity contribution in [1.82, 2.24) is 0 Å². The molecule has 3 nitrogen and oxygen atoms in total. The van der Waals surface area contributed by atoms with E-state index in [1.807, 2.05) is 0 Å². The fourth-order valence-corrected chi connectivity index (χ4v) is 1.96. The van der Waals surface area contributed by atoms with Gasteiger partial charge in [-0.1, -0.05) is 0 Å². The molecule has 1 rings (SSSR count). The van der Waals surface area contributed by atoms with Crippen molar-refractivity contribution in [1.29, 1.82) is 0 Å².